The zero-order chi connectivity index (χ0) is 14.5. The van der Waals surface area contributed by atoms with Crippen LogP contribution in [0, 0.1) is 6.92 Å². The number of amides is 1. The van der Waals surface area contributed by atoms with Crippen LogP contribution in [-0.2, 0) is 14.6 Å². The first-order chi connectivity index (χ1) is 8.84. The van der Waals surface area contributed by atoms with Gasteiger partial charge in [-0.05, 0) is 37.5 Å². The molecule has 1 aromatic carbocycles. The third kappa shape index (κ3) is 5.32. The van der Waals surface area contributed by atoms with E-state index in [1.54, 1.807) is 12.1 Å². The minimum Gasteiger partial charge on any atom is -0.326 e. The molecular weight excluding hydrogens is 330 g/mol. The molecule has 1 aromatic rings. The van der Waals surface area contributed by atoms with Gasteiger partial charge in [-0.1, -0.05) is 22.0 Å². The maximum Gasteiger partial charge on any atom is 0.224 e. The van der Waals surface area contributed by atoms with E-state index >= 15 is 0 Å². The zero-order valence-electron chi connectivity index (χ0n) is 11.1. The van der Waals surface area contributed by atoms with Crippen molar-refractivity contribution in [2.45, 2.75) is 31.1 Å². The van der Waals surface area contributed by atoms with Crippen LogP contribution in [0.1, 0.15) is 24.8 Å². The third-order valence-electron chi connectivity index (χ3n) is 2.70. The van der Waals surface area contributed by atoms with Crippen LogP contribution in [0.4, 0.5) is 5.69 Å². The van der Waals surface area contributed by atoms with E-state index < -0.39 is 9.84 Å². The van der Waals surface area contributed by atoms with Gasteiger partial charge in [-0.25, -0.2) is 8.42 Å². The molecule has 0 saturated heterocycles. The van der Waals surface area contributed by atoms with Crippen LogP contribution in [0.5, 0.6) is 0 Å². The quantitative estimate of drug-likeness (QED) is 0.635. The van der Waals surface area contributed by atoms with Crippen molar-refractivity contribution in [2.75, 3.05) is 16.9 Å². The minimum absolute atomic E-state index is 0.0882. The molecule has 0 aromatic heterocycles. The van der Waals surface area contributed by atoms with Gasteiger partial charge in [-0.2, -0.15) is 0 Å². The highest BCUT2D eigenvalue weighted by atomic mass is 79.9. The van der Waals surface area contributed by atoms with Crippen molar-refractivity contribution in [1.82, 2.24) is 0 Å². The molecule has 0 aliphatic heterocycles. The van der Waals surface area contributed by atoms with Crippen LogP contribution in [0.15, 0.2) is 23.1 Å². The lowest BCUT2D eigenvalue weighted by molar-refractivity contribution is -0.116. The summed E-state index contributed by atoms with van der Waals surface area (Å²) in [7, 11) is -3.26. The van der Waals surface area contributed by atoms with Crippen LogP contribution in [0.3, 0.4) is 0 Å². The van der Waals surface area contributed by atoms with Crippen LogP contribution in [0.25, 0.3) is 0 Å². The Morgan fingerprint density at radius 1 is 1.32 bits per heavy atom. The first kappa shape index (κ1) is 16.2. The number of hydrogen-bond donors (Lipinski definition) is 1. The largest absolute Gasteiger partial charge is 0.326 e. The standard InChI is InChI=1S/C13H18BrNO3S/c1-10-6-7-11(19(2,17)18)9-12(10)15-13(16)5-3-4-8-14/h6-7,9H,3-5,8H2,1-2H3,(H,15,16). The molecule has 0 fully saturated rings. The molecule has 0 bridgehead atoms. The number of anilines is 1. The topological polar surface area (TPSA) is 63.2 Å². The average molecular weight is 348 g/mol. The highest BCUT2D eigenvalue weighted by Crippen LogP contribution is 2.20. The Morgan fingerprint density at radius 2 is 2.00 bits per heavy atom. The number of nitrogens with one attached hydrogen (secondary N) is 1. The Hall–Kier alpha value is -0.880. The van der Waals surface area contributed by atoms with E-state index in [0.29, 0.717) is 12.1 Å². The van der Waals surface area contributed by atoms with E-state index in [1.807, 2.05) is 6.92 Å². The van der Waals surface area contributed by atoms with E-state index in [9.17, 15) is 13.2 Å². The molecule has 1 N–H and O–H groups in total. The van der Waals surface area contributed by atoms with Gasteiger partial charge in [0.2, 0.25) is 5.91 Å². The van der Waals surface area contributed by atoms with E-state index in [1.165, 1.54) is 6.07 Å². The number of rotatable bonds is 6. The molecule has 19 heavy (non-hydrogen) atoms. The average Bonchev–Trinajstić information content (AvgIpc) is 2.31. The van der Waals surface area contributed by atoms with Gasteiger partial charge in [-0.3, -0.25) is 4.79 Å². The Bertz CT molecular complexity index is 555. The number of sulfone groups is 1. The van der Waals surface area contributed by atoms with E-state index in [4.69, 9.17) is 0 Å². The summed E-state index contributed by atoms with van der Waals surface area (Å²) in [6.45, 7) is 1.83. The fourth-order valence-corrected chi connectivity index (χ4v) is 2.60. The Balaban J connectivity index is 2.80. The fraction of sp³-hybridized carbons (Fsp3) is 0.462. The maximum absolute atomic E-state index is 11.7. The van der Waals surface area contributed by atoms with Gasteiger partial charge in [0.15, 0.2) is 9.84 Å². The summed E-state index contributed by atoms with van der Waals surface area (Å²) in [5, 5.41) is 3.64. The van der Waals surface area contributed by atoms with Gasteiger partial charge >= 0.3 is 0 Å². The number of benzene rings is 1. The lowest BCUT2D eigenvalue weighted by Gasteiger charge is -2.10. The molecule has 0 spiro atoms. The SMILES string of the molecule is Cc1ccc(S(C)(=O)=O)cc1NC(=O)CCCCBr. The molecule has 0 aliphatic carbocycles. The number of halogens is 1. The molecule has 0 aliphatic rings. The van der Waals surface area contributed by atoms with Crippen molar-refractivity contribution in [1.29, 1.82) is 0 Å². The summed E-state index contributed by atoms with van der Waals surface area (Å²) >= 11 is 3.31. The Morgan fingerprint density at radius 3 is 2.58 bits per heavy atom. The van der Waals surface area contributed by atoms with Crippen LogP contribution in [-0.4, -0.2) is 25.9 Å². The second kappa shape index (κ2) is 7.05. The number of alkyl halides is 1. The summed E-state index contributed by atoms with van der Waals surface area (Å²) in [6.07, 6.45) is 3.34. The number of carbonyl (C=O) groups excluding carboxylic acids is 1. The minimum atomic E-state index is -3.26. The molecule has 0 unspecified atom stereocenters. The summed E-state index contributed by atoms with van der Waals surface area (Å²) in [5.41, 5.74) is 1.41. The first-order valence-electron chi connectivity index (χ1n) is 6.01. The lowest BCUT2D eigenvalue weighted by Crippen LogP contribution is -2.12. The third-order valence-corrected chi connectivity index (χ3v) is 4.37. The molecule has 0 heterocycles. The van der Waals surface area contributed by atoms with Crippen molar-refractivity contribution in [3.05, 3.63) is 23.8 Å². The number of hydrogen-bond acceptors (Lipinski definition) is 3. The molecule has 0 radical (unpaired) electrons. The molecular formula is C13H18BrNO3S. The van der Waals surface area contributed by atoms with Gasteiger partial charge in [-0.15, -0.1) is 0 Å². The van der Waals surface area contributed by atoms with Crippen molar-refractivity contribution in [2.24, 2.45) is 0 Å². The lowest BCUT2D eigenvalue weighted by atomic mass is 10.2. The molecule has 4 nitrogen and oxygen atoms in total. The van der Waals surface area contributed by atoms with Crippen LogP contribution in [0.2, 0.25) is 0 Å². The van der Waals surface area contributed by atoms with Crippen molar-refractivity contribution < 1.29 is 13.2 Å². The fourth-order valence-electron chi connectivity index (χ4n) is 1.56. The van der Waals surface area contributed by atoms with Crippen molar-refractivity contribution in [3.63, 3.8) is 0 Å². The predicted octanol–water partition coefficient (Wildman–Crippen LogP) is 2.90. The Kier molecular flexibility index (Phi) is 6.00. The summed E-state index contributed by atoms with van der Waals surface area (Å²) in [6, 6.07) is 4.75. The summed E-state index contributed by atoms with van der Waals surface area (Å²) in [4.78, 5) is 11.9. The molecule has 0 saturated carbocycles. The van der Waals surface area contributed by atoms with Gasteiger partial charge in [0, 0.05) is 23.7 Å². The van der Waals surface area contributed by atoms with E-state index in [0.717, 1.165) is 30.0 Å². The normalized spacial score (nSPS) is 11.3. The van der Waals surface area contributed by atoms with Crippen LogP contribution < -0.4 is 5.32 Å². The highest BCUT2D eigenvalue weighted by Gasteiger charge is 2.11. The first-order valence-corrected chi connectivity index (χ1v) is 9.02. The maximum atomic E-state index is 11.7. The molecule has 0 atom stereocenters. The van der Waals surface area contributed by atoms with Crippen molar-refractivity contribution in [3.8, 4) is 0 Å². The van der Waals surface area contributed by atoms with Crippen molar-refractivity contribution >= 4 is 37.4 Å². The molecule has 106 valence electrons. The van der Waals surface area contributed by atoms with Gasteiger partial charge in [0.05, 0.1) is 4.90 Å². The van der Waals surface area contributed by atoms with Gasteiger partial charge in [0.25, 0.3) is 0 Å². The van der Waals surface area contributed by atoms with Gasteiger partial charge < -0.3 is 5.32 Å². The zero-order valence-corrected chi connectivity index (χ0v) is 13.5. The highest BCUT2D eigenvalue weighted by molar-refractivity contribution is 9.09. The second-order valence-corrected chi connectivity index (χ2v) is 7.25. The number of unbranched alkanes of at least 4 members (excludes halogenated alkanes) is 1. The number of carbonyl (C=O) groups is 1. The van der Waals surface area contributed by atoms with E-state index in [2.05, 4.69) is 21.2 Å². The number of aryl methyl sites for hydroxylation is 1. The van der Waals surface area contributed by atoms with Gasteiger partial charge in [0.1, 0.15) is 0 Å². The predicted molar refractivity (Wildman–Crippen MR) is 80.6 cm³/mol. The monoisotopic (exact) mass is 347 g/mol. The Labute approximate surface area is 122 Å². The molecule has 1 amide bonds. The molecule has 6 heteroatoms. The smallest absolute Gasteiger partial charge is 0.224 e. The summed E-state index contributed by atoms with van der Waals surface area (Å²) in [5.74, 6) is -0.0882. The second-order valence-electron chi connectivity index (χ2n) is 4.44. The van der Waals surface area contributed by atoms with Crippen LogP contribution >= 0.6 is 15.9 Å². The van der Waals surface area contributed by atoms with E-state index in [-0.39, 0.29) is 10.8 Å². The molecule has 1 rings (SSSR count). The summed E-state index contributed by atoms with van der Waals surface area (Å²) < 4.78 is 23.0.